The number of hydrogen-bond donors (Lipinski definition) is 3. The van der Waals surface area contributed by atoms with E-state index in [2.05, 4.69) is 5.32 Å². The molecule has 0 aliphatic rings. The molecule has 0 spiro atoms. The Morgan fingerprint density at radius 2 is 1.61 bits per heavy atom. The van der Waals surface area contributed by atoms with Gasteiger partial charge in [-0.3, -0.25) is 0 Å². The molecule has 0 aromatic heterocycles. The van der Waals surface area contributed by atoms with Gasteiger partial charge in [0.05, 0.1) is 12.1 Å². The van der Waals surface area contributed by atoms with Crippen molar-refractivity contribution in [1.29, 1.82) is 0 Å². The molecule has 31 heavy (non-hydrogen) atoms. The average molecular weight is 421 g/mol. The molecule has 0 fully saturated rings. The Morgan fingerprint density at radius 3 is 2.32 bits per heavy atom. The number of alkyl carbamates (subject to hydrolysis) is 1. The summed E-state index contributed by atoms with van der Waals surface area (Å²) in [4.78, 5) is 12.5. The van der Waals surface area contributed by atoms with E-state index in [1.807, 2.05) is 93.6 Å². The van der Waals surface area contributed by atoms with Crippen molar-refractivity contribution in [3.05, 3.63) is 83.9 Å². The molecule has 3 atom stereocenters. The fourth-order valence-electron chi connectivity index (χ4n) is 3.73. The van der Waals surface area contributed by atoms with Crippen LogP contribution in [0.2, 0.25) is 0 Å². The molecule has 0 aliphatic heterocycles. The summed E-state index contributed by atoms with van der Waals surface area (Å²) in [6, 6.07) is 22.8. The first kappa shape index (κ1) is 22.8. The van der Waals surface area contributed by atoms with E-state index >= 15 is 0 Å². The lowest BCUT2D eigenvalue weighted by molar-refractivity contribution is 0.0392. The molecule has 3 aromatic rings. The van der Waals surface area contributed by atoms with Crippen LogP contribution >= 0.6 is 0 Å². The maximum atomic E-state index is 12.5. The third-order valence-corrected chi connectivity index (χ3v) is 5.19. The molecule has 0 saturated carbocycles. The van der Waals surface area contributed by atoms with Crippen LogP contribution < -0.4 is 11.1 Å². The number of aliphatic hydroxyl groups excluding tert-OH is 1. The second-order valence-corrected chi connectivity index (χ2v) is 8.94. The van der Waals surface area contributed by atoms with Crippen LogP contribution in [0.3, 0.4) is 0 Å². The van der Waals surface area contributed by atoms with E-state index in [0.29, 0.717) is 12.8 Å². The van der Waals surface area contributed by atoms with E-state index in [1.54, 1.807) is 0 Å². The maximum Gasteiger partial charge on any atom is 0.407 e. The molecule has 164 valence electrons. The van der Waals surface area contributed by atoms with Gasteiger partial charge in [0.25, 0.3) is 0 Å². The number of rotatable bonds is 7. The summed E-state index contributed by atoms with van der Waals surface area (Å²) in [5.41, 5.74) is 7.81. The second-order valence-electron chi connectivity index (χ2n) is 8.94. The summed E-state index contributed by atoms with van der Waals surface area (Å²) < 4.78 is 5.44. The third-order valence-electron chi connectivity index (χ3n) is 5.19. The Kier molecular flexibility index (Phi) is 7.31. The lowest BCUT2D eigenvalue weighted by Gasteiger charge is -2.30. The number of carbonyl (C=O) groups is 1. The number of aliphatic hydroxyl groups is 1. The van der Waals surface area contributed by atoms with Crippen LogP contribution in [0.25, 0.3) is 10.8 Å². The molecule has 0 bridgehead atoms. The quantitative estimate of drug-likeness (QED) is 0.535. The molecule has 3 rings (SSSR count). The number of amides is 1. The van der Waals surface area contributed by atoms with Gasteiger partial charge in [-0.2, -0.15) is 0 Å². The number of nitrogens with two attached hydrogens (primary N) is 1. The number of carbonyl (C=O) groups excluding carboxylic acids is 1. The fourth-order valence-corrected chi connectivity index (χ4v) is 3.73. The van der Waals surface area contributed by atoms with Crippen molar-refractivity contribution in [2.75, 3.05) is 0 Å². The highest BCUT2D eigenvalue weighted by Crippen LogP contribution is 2.21. The molecule has 4 N–H and O–H groups in total. The minimum absolute atomic E-state index is 0.435. The number of ether oxygens (including phenoxy) is 1. The van der Waals surface area contributed by atoms with Gasteiger partial charge >= 0.3 is 6.09 Å². The predicted molar refractivity (Wildman–Crippen MR) is 125 cm³/mol. The van der Waals surface area contributed by atoms with Crippen molar-refractivity contribution in [3.63, 3.8) is 0 Å². The number of fused-ring (bicyclic) bond motifs is 1. The van der Waals surface area contributed by atoms with Crippen molar-refractivity contribution in [1.82, 2.24) is 5.32 Å². The van der Waals surface area contributed by atoms with Gasteiger partial charge in [-0.05, 0) is 55.5 Å². The molecule has 5 heteroatoms. The standard InChI is InChI=1S/C26H32N2O3/c1-26(2,3)31-25(30)28-23(24(29)22(27)16-18-10-5-4-6-11-18)17-20-14-9-13-19-12-7-8-15-21(19)20/h4-15,22-24,29H,16-17,27H2,1-3H3,(H,28,30)/t22-,23-,24+/m1/s1. The molecule has 0 aliphatic carbocycles. The molecular formula is C26H32N2O3. The molecule has 0 heterocycles. The van der Waals surface area contributed by atoms with Gasteiger partial charge in [0.2, 0.25) is 0 Å². The highest BCUT2D eigenvalue weighted by Gasteiger charge is 2.29. The van der Waals surface area contributed by atoms with Crippen molar-refractivity contribution >= 4 is 16.9 Å². The lowest BCUT2D eigenvalue weighted by Crippen LogP contribution is -2.54. The van der Waals surface area contributed by atoms with E-state index in [9.17, 15) is 9.90 Å². The van der Waals surface area contributed by atoms with Crippen molar-refractivity contribution in [2.24, 2.45) is 5.73 Å². The van der Waals surface area contributed by atoms with Crippen molar-refractivity contribution in [2.45, 2.75) is 57.4 Å². The van der Waals surface area contributed by atoms with E-state index < -0.39 is 29.9 Å². The lowest BCUT2D eigenvalue weighted by atomic mass is 9.91. The van der Waals surface area contributed by atoms with E-state index in [4.69, 9.17) is 10.5 Å². The first-order chi connectivity index (χ1) is 14.7. The topological polar surface area (TPSA) is 84.6 Å². The second kappa shape index (κ2) is 9.94. The van der Waals surface area contributed by atoms with Crippen molar-refractivity contribution < 1.29 is 14.6 Å². The summed E-state index contributed by atoms with van der Waals surface area (Å²) in [6.07, 6.45) is -0.579. The molecule has 3 aromatic carbocycles. The summed E-state index contributed by atoms with van der Waals surface area (Å²) in [5.74, 6) is 0. The third kappa shape index (κ3) is 6.54. The molecule has 5 nitrogen and oxygen atoms in total. The summed E-state index contributed by atoms with van der Waals surface area (Å²) >= 11 is 0. The minimum Gasteiger partial charge on any atom is -0.444 e. The zero-order chi connectivity index (χ0) is 22.4. The average Bonchev–Trinajstić information content (AvgIpc) is 2.72. The first-order valence-electron chi connectivity index (χ1n) is 10.7. The Hall–Kier alpha value is -2.89. The van der Waals surface area contributed by atoms with Gasteiger partial charge in [0, 0.05) is 6.04 Å². The Labute approximate surface area is 184 Å². The van der Waals surface area contributed by atoms with Gasteiger partial charge in [-0.15, -0.1) is 0 Å². The van der Waals surface area contributed by atoms with Crippen LogP contribution in [0.4, 0.5) is 4.79 Å². The first-order valence-corrected chi connectivity index (χ1v) is 10.7. The number of hydrogen-bond acceptors (Lipinski definition) is 4. The van der Waals surface area contributed by atoms with Crippen LogP contribution in [-0.4, -0.2) is 35.0 Å². The van der Waals surface area contributed by atoms with Crippen LogP contribution in [0, 0.1) is 0 Å². The van der Waals surface area contributed by atoms with Crippen molar-refractivity contribution in [3.8, 4) is 0 Å². The SMILES string of the molecule is CC(C)(C)OC(=O)N[C@H](Cc1cccc2ccccc12)[C@@H](O)[C@H](N)Cc1ccccc1. The monoisotopic (exact) mass is 420 g/mol. The minimum atomic E-state index is -0.952. The molecule has 1 amide bonds. The molecule has 0 unspecified atom stereocenters. The van der Waals surface area contributed by atoms with Crippen LogP contribution in [0.15, 0.2) is 72.8 Å². The normalized spacial score (nSPS) is 14.6. The summed E-state index contributed by atoms with van der Waals surface area (Å²) in [5, 5.41) is 16.2. The van der Waals surface area contributed by atoms with Gasteiger partial charge in [-0.1, -0.05) is 72.8 Å². The Balaban J connectivity index is 1.83. The largest absolute Gasteiger partial charge is 0.444 e. The fraction of sp³-hybridized carbons (Fsp3) is 0.346. The van der Waals surface area contributed by atoms with Crippen LogP contribution in [0.1, 0.15) is 31.9 Å². The Morgan fingerprint density at radius 1 is 0.968 bits per heavy atom. The van der Waals surface area contributed by atoms with E-state index in [-0.39, 0.29) is 0 Å². The van der Waals surface area contributed by atoms with Gasteiger partial charge in [-0.25, -0.2) is 4.79 Å². The maximum absolute atomic E-state index is 12.5. The zero-order valence-corrected chi connectivity index (χ0v) is 18.4. The molecular weight excluding hydrogens is 388 g/mol. The smallest absolute Gasteiger partial charge is 0.407 e. The van der Waals surface area contributed by atoms with Gasteiger partial charge < -0.3 is 20.9 Å². The number of nitrogens with one attached hydrogen (secondary N) is 1. The van der Waals surface area contributed by atoms with Crippen LogP contribution in [-0.2, 0) is 17.6 Å². The highest BCUT2D eigenvalue weighted by atomic mass is 16.6. The molecule has 0 saturated heterocycles. The van der Waals surface area contributed by atoms with E-state index in [0.717, 1.165) is 21.9 Å². The summed E-state index contributed by atoms with van der Waals surface area (Å²) in [6.45, 7) is 5.43. The Bertz CT molecular complexity index is 993. The van der Waals surface area contributed by atoms with E-state index in [1.165, 1.54) is 0 Å². The van der Waals surface area contributed by atoms with Gasteiger partial charge in [0.1, 0.15) is 5.60 Å². The van der Waals surface area contributed by atoms with Crippen LogP contribution in [0.5, 0.6) is 0 Å². The van der Waals surface area contributed by atoms with Gasteiger partial charge in [0.15, 0.2) is 0 Å². The highest BCUT2D eigenvalue weighted by molar-refractivity contribution is 5.85. The predicted octanol–water partition coefficient (Wildman–Crippen LogP) is 4.21. The zero-order valence-electron chi connectivity index (χ0n) is 18.4. The summed E-state index contributed by atoms with van der Waals surface area (Å²) in [7, 11) is 0. The molecule has 0 radical (unpaired) electrons. The number of benzene rings is 3.